The average Bonchev–Trinajstić information content (AvgIpc) is 3.53. The number of aryl methyl sites for hydroxylation is 1. The number of hydrogen-bond acceptors (Lipinski definition) is 7. The topological polar surface area (TPSA) is 125 Å². The van der Waals surface area contributed by atoms with Crippen molar-refractivity contribution in [3.05, 3.63) is 83.4 Å². The zero-order chi connectivity index (χ0) is 28.1. The first-order chi connectivity index (χ1) is 20.0. The Hall–Kier alpha value is -4.84. The fourth-order valence-electron chi connectivity index (χ4n) is 5.13. The highest BCUT2D eigenvalue weighted by Crippen LogP contribution is 2.35. The van der Waals surface area contributed by atoms with Gasteiger partial charge >= 0.3 is 0 Å². The molecule has 0 radical (unpaired) electrons. The molecular weight excluding hydrogens is 529 g/mol. The number of amides is 2. The van der Waals surface area contributed by atoms with Crippen LogP contribution in [0.1, 0.15) is 40.9 Å². The van der Waals surface area contributed by atoms with Crippen LogP contribution in [-0.4, -0.2) is 62.6 Å². The van der Waals surface area contributed by atoms with Crippen LogP contribution in [0.5, 0.6) is 5.88 Å². The lowest BCUT2D eigenvalue weighted by Gasteiger charge is -2.25. The van der Waals surface area contributed by atoms with Gasteiger partial charge in [-0.25, -0.2) is 14.1 Å². The number of ether oxygens (including phenoxy) is 2. The zero-order valence-corrected chi connectivity index (χ0v) is 22.1. The lowest BCUT2D eigenvalue weighted by molar-refractivity contribution is -0.117. The SMILES string of the molecule is CC1CCn2nc(-c3cnn(C4COC4)c3)c(C(=O)N[C@H]3N=C(c4ccccc4)c4cccc(F)c4NC3=O)c2O1. The van der Waals surface area contributed by atoms with E-state index >= 15 is 0 Å². The highest BCUT2D eigenvalue weighted by Gasteiger charge is 2.35. The molecule has 41 heavy (non-hydrogen) atoms. The molecule has 3 aliphatic heterocycles. The van der Waals surface area contributed by atoms with Crippen molar-refractivity contribution in [2.75, 3.05) is 18.5 Å². The number of carbonyl (C=O) groups is 2. The van der Waals surface area contributed by atoms with E-state index in [9.17, 15) is 14.0 Å². The summed E-state index contributed by atoms with van der Waals surface area (Å²) in [5.74, 6) is -1.56. The fraction of sp³-hybridized carbons (Fsp3) is 0.276. The Kier molecular flexibility index (Phi) is 6.11. The van der Waals surface area contributed by atoms with Crippen molar-refractivity contribution in [1.29, 1.82) is 0 Å². The first-order valence-electron chi connectivity index (χ1n) is 13.4. The van der Waals surface area contributed by atoms with Crippen molar-refractivity contribution in [2.24, 2.45) is 4.99 Å². The molecule has 0 aliphatic carbocycles. The van der Waals surface area contributed by atoms with Gasteiger partial charge in [-0.2, -0.15) is 10.2 Å². The Morgan fingerprint density at radius 1 is 1.12 bits per heavy atom. The number of hydrogen-bond donors (Lipinski definition) is 2. The van der Waals surface area contributed by atoms with Gasteiger partial charge in [-0.05, 0) is 13.0 Å². The monoisotopic (exact) mass is 555 g/mol. The Labute approximate surface area is 234 Å². The molecule has 11 nitrogen and oxygen atoms in total. The highest BCUT2D eigenvalue weighted by molar-refractivity contribution is 6.20. The van der Waals surface area contributed by atoms with Crippen molar-refractivity contribution < 1.29 is 23.5 Å². The minimum absolute atomic E-state index is 0.00463. The van der Waals surface area contributed by atoms with Gasteiger partial charge in [0.25, 0.3) is 11.8 Å². The second-order valence-corrected chi connectivity index (χ2v) is 10.2. The maximum absolute atomic E-state index is 14.9. The molecule has 2 atom stereocenters. The van der Waals surface area contributed by atoms with Crippen LogP contribution in [0.2, 0.25) is 0 Å². The Balaban J connectivity index is 1.28. The lowest BCUT2D eigenvalue weighted by atomic mass is 10.0. The summed E-state index contributed by atoms with van der Waals surface area (Å²) in [6.45, 7) is 3.62. The van der Waals surface area contributed by atoms with Crippen LogP contribution in [0.4, 0.5) is 10.1 Å². The summed E-state index contributed by atoms with van der Waals surface area (Å²) in [6.07, 6.45) is 2.72. The van der Waals surface area contributed by atoms with E-state index in [1.165, 1.54) is 6.07 Å². The Bertz CT molecular complexity index is 1690. The summed E-state index contributed by atoms with van der Waals surface area (Å²) in [6, 6.07) is 13.7. The predicted octanol–water partition coefficient (Wildman–Crippen LogP) is 3.17. The van der Waals surface area contributed by atoms with Gasteiger partial charge in [0.05, 0.1) is 43.0 Å². The second kappa shape index (κ2) is 9.97. The Morgan fingerprint density at radius 3 is 2.73 bits per heavy atom. The lowest BCUT2D eigenvalue weighted by Crippen LogP contribution is -2.42. The van der Waals surface area contributed by atoms with E-state index in [0.29, 0.717) is 53.7 Å². The molecule has 12 heteroatoms. The molecule has 2 aromatic heterocycles. The molecule has 7 rings (SSSR count). The fourth-order valence-corrected chi connectivity index (χ4v) is 5.13. The molecule has 2 amide bonds. The molecule has 1 fully saturated rings. The van der Waals surface area contributed by atoms with Crippen molar-refractivity contribution in [2.45, 2.75) is 38.2 Å². The van der Waals surface area contributed by atoms with Crippen molar-refractivity contribution >= 4 is 23.2 Å². The number of benzodiazepines with no additional fused rings is 1. The molecule has 1 unspecified atom stereocenters. The van der Waals surface area contributed by atoms with Gasteiger partial charge in [0.15, 0.2) is 0 Å². The maximum Gasteiger partial charge on any atom is 0.269 e. The summed E-state index contributed by atoms with van der Waals surface area (Å²) >= 11 is 0. The van der Waals surface area contributed by atoms with E-state index in [-0.39, 0.29) is 23.4 Å². The van der Waals surface area contributed by atoms with Crippen LogP contribution in [0, 0.1) is 5.82 Å². The number of halogens is 1. The molecule has 0 spiro atoms. The molecule has 208 valence electrons. The molecule has 3 aliphatic rings. The quantitative estimate of drug-likeness (QED) is 0.390. The molecular formula is C29H26FN7O4. The standard InChI is InChI=1S/C29H26FN7O4/c1-16-10-11-36-29(41-16)22(24(35-36)18-12-31-37(13-18)19-14-40-15-19)27(38)34-26-28(39)33-25-20(8-5-9-21(25)30)23(32-26)17-6-3-2-4-7-17/h2-9,12-13,16,19,26H,10-11,14-15H2,1H3,(H,33,39)(H,34,38)/t16?,26-/m1/s1. The molecule has 0 saturated carbocycles. The third-order valence-electron chi connectivity index (χ3n) is 7.40. The normalized spacial score (nSPS) is 20.0. The van der Waals surface area contributed by atoms with E-state index in [2.05, 4.69) is 20.7 Å². The van der Waals surface area contributed by atoms with Crippen LogP contribution < -0.4 is 15.4 Å². The first-order valence-corrected chi connectivity index (χ1v) is 13.4. The van der Waals surface area contributed by atoms with E-state index < -0.39 is 23.8 Å². The summed E-state index contributed by atoms with van der Waals surface area (Å²) in [4.78, 5) is 32.0. The largest absolute Gasteiger partial charge is 0.474 e. The van der Waals surface area contributed by atoms with Gasteiger partial charge in [0.2, 0.25) is 12.0 Å². The number of aromatic nitrogens is 4. The van der Waals surface area contributed by atoms with E-state index in [1.54, 1.807) is 27.7 Å². The Morgan fingerprint density at radius 2 is 1.95 bits per heavy atom. The second-order valence-electron chi connectivity index (χ2n) is 10.2. The van der Waals surface area contributed by atoms with Crippen molar-refractivity contribution in [1.82, 2.24) is 24.9 Å². The van der Waals surface area contributed by atoms with Gasteiger partial charge in [0, 0.05) is 35.9 Å². The number of para-hydroxylation sites is 1. The average molecular weight is 556 g/mol. The molecule has 0 bridgehead atoms. The summed E-state index contributed by atoms with van der Waals surface area (Å²) in [5, 5.41) is 14.5. The van der Waals surface area contributed by atoms with Crippen LogP contribution >= 0.6 is 0 Å². The summed E-state index contributed by atoms with van der Waals surface area (Å²) < 4.78 is 29.7. The number of rotatable bonds is 5. The number of anilines is 1. The summed E-state index contributed by atoms with van der Waals surface area (Å²) in [5.41, 5.74) is 2.65. The van der Waals surface area contributed by atoms with E-state index in [1.807, 2.05) is 43.5 Å². The smallest absolute Gasteiger partial charge is 0.269 e. The third-order valence-corrected chi connectivity index (χ3v) is 7.40. The minimum Gasteiger partial charge on any atom is -0.474 e. The number of nitrogens with zero attached hydrogens (tertiary/aromatic N) is 5. The number of aliphatic imine (C=N–C) groups is 1. The minimum atomic E-state index is -1.36. The predicted molar refractivity (Wildman–Crippen MR) is 146 cm³/mol. The molecule has 2 N–H and O–H groups in total. The number of carbonyl (C=O) groups excluding carboxylic acids is 2. The van der Waals surface area contributed by atoms with E-state index in [4.69, 9.17) is 14.6 Å². The van der Waals surface area contributed by atoms with Crippen LogP contribution in [0.15, 0.2) is 65.9 Å². The van der Waals surface area contributed by atoms with Gasteiger partial charge in [-0.1, -0.05) is 42.5 Å². The van der Waals surface area contributed by atoms with Gasteiger partial charge in [-0.15, -0.1) is 0 Å². The van der Waals surface area contributed by atoms with Crippen LogP contribution in [-0.2, 0) is 16.1 Å². The van der Waals surface area contributed by atoms with Crippen molar-refractivity contribution in [3.63, 3.8) is 0 Å². The van der Waals surface area contributed by atoms with Gasteiger partial charge in [-0.3, -0.25) is 14.3 Å². The first kappa shape index (κ1) is 25.1. The molecule has 1 saturated heterocycles. The van der Waals surface area contributed by atoms with Gasteiger partial charge < -0.3 is 20.1 Å². The van der Waals surface area contributed by atoms with E-state index in [0.717, 1.165) is 6.42 Å². The van der Waals surface area contributed by atoms with Crippen molar-refractivity contribution in [3.8, 4) is 17.1 Å². The highest BCUT2D eigenvalue weighted by atomic mass is 19.1. The van der Waals surface area contributed by atoms with Gasteiger partial charge in [0.1, 0.15) is 17.1 Å². The molecule has 4 aromatic rings. The zero-order valence-electron chi connectivity index (χ0n) is 22.1. The number of nitrogens with one attached hydrogen (secondary N) is 2. The van der Waals surface area contributed by atoms with Crippen LogP contribution in [0.3, 0.4) is 0 Å². The molecule has 5 heterocycles. The van der Waals surface area contributed by atoms with Crippen LogP contribution in [0.25, 0.3) is 11.3 Å². The number of fused-ring (bicyclic) bond motifs is 2. The summed E-state index contributed by atoms with van der Waals surface area (Å²) in [7, 11) is 0. The number of benzene rings is 2. The maximum atomic E-state index is 14.9. The molecule has 2 aromatic carbocycles. The third kappa shape index (κ3) is 4.45.